The van der Waals surface area contributed by atoms with E-state index in [2.05, 4.69) is 4.72 Å². The lowest BCUT2D eigenvalue weighted by atomic mass is 9.94. The number of fused-ring (bicyclic) bond motifs is 1. The van der Waals surface area contributed by atoms with Gasteiger partial charge in [0.05, 0.1) is 10.6 Å². The number of sulfonamides is 1. The van der Waals surface area contributed by atoms with Crippen LogP contribution in [0.15, 0.2) is 30.3 Å². The number of thiophene rings is 1. The molecule has 0 aliphatic rings. The Morgan fingerprint density at radius 1 is 1.24 bits per heavy atom. The molecular weight excluding hydrogens is 306 g/mol. The number of hydrogen-bond donors (Lipinski definition) is 1. The third-order valence-corrected chi connectivity index (χ3v) is 5.37. The van der Waals surface area contributed by atoms with Gasteiger partial charge < -0.3 is 0 Å². The van der Waals surface area contributed by atoms with Crippen molar-refractivity contribution in [2.75, 3.05) is 5.75 Å². The molecule has 114 valence electrons. The Morgan fingerprint density at radius 2 is 1.90 bits per heavy atom. The van der Waals surface area contributed by atoms with E-state index in [4.69, 9.17) is 0 Å². The van der Waals surface area contributed by atoms with Gasteiger partial charge in [-0.05, 0) is 29.4 Å². The summed E-state index contributed by atoms with van der Waals surface area (Å²) in [7, 11) is -3.59. The van der Waals surface area contributed by atoms with Gasteiger partial charge >= 0.3 is 0 Å². The summed E-state index contributed by atoms with van der Waals surface area (Å²) in [5.74, 6) is -0.599. The third kappa shape index (κ3) is 4.54. The largest absolute Gasteiger partial charge is 0.274 e. The van der Waals surface area contributed by atoms with Crippen molar-refractivity contribution in [3.8, 4) is 0 Å². The Kier molecular flexibility index (Phi) is 4.39. The number of carbonyl (C=O) groups excluding carboxylic acids is 1. The van der Waals surface area contributed by atoms with Crippen LogP contribution < -0.4 is 4.72 Å². The van der Waals surface area contributed by atoms with Gasteiger partial charge in [-0.3, -0.25) is 4.79 Å². The lowest BCUT2D eigenvalue weighted by Gasteiger charge is -2.17. The second-order valence-corrected chi connectivity index (χ2v) is 9.13. The minimum absolute atomic E-state index is 0.0485. The molecule has 1 aromatic heterocycles. The molecule has 0 aliphatic carbocycles. The highest BCUT2D eigenvalue weighted by molar-refractivity contribution is 7.90. The summed E-state index contributed by atoms with van der Waals surface area (Å²) in [5.41, 5.74) is -0.0879. The molecule has 1 aromatic carbocycles. The van der Waals surface area contributed by atoms with Gasteiger partial charge in [-0.2, -0.15) is 0 Å². The van der Waals surface area contributed by atoms with Crippen LogP contribution in [-0.4, -0.2) is 20.1 Å². The molecular formula is C15H19NO3S2. The molecule has 0 spiro atoms. The van der Waals surface area contributed by atoms with Crippen molar-refractivity contribution in [2.24, 2.45) is 5.41 Å². The average Bonchev–Trinajstić information content (AvgIpc) is 2.79. The average molecular weight is 325 g/mol. The van der Waals surface area contributed by atoms with Crippen molar-refractivity contribution in [3.63, 3.8) is 0 Å². The van der Waals surface area contributed by atoms with Crippen LogP contribution in [0.4, 0.5) is 0 Å². The van der Waals surface area contributed by atoms with E-state index in [1.54, 1.807) is 6.07 Å². The highest BCUT2D eigenvalue weighted by Gasteiger charge is 2.21. The lowest BCUT2D eigenvalue weighted by molar-refractivity contribution is 0.0985. The van der Waals surface area contributed by atoms with Crippen LogP contribution in [-0.2, 0) is 10.0 Å². The number of carbonyl (C=O) groups is 1. The standard InChI is InChI=1S/C15H19NO3S2/c1-15(2,3)8-9-21(18,19)16-14(17)13-10-11-6-4-5-7-12(11)20-13/h4-7,10H,8-9H2,1-3H3,(H,16,17). The molecule has 2 aromatic rings. The smallest absolute Gasteiger partial charge is 0.267 e. The van der Waals surface area contributed by atoms with Crippen molar-refractivity contribution in [1.29, 1.82) is 0 Å². The van der Waals surface area contributed by atoms with Gasteiger partial charge in [0.25, 0.3) is 5.91 Å². The first-order chi connectivity index (χ1) is 9.66. The van der Waals surface area contributed by atoms with Crippen LogP contribution in [0.1, 0.15) is 36.9 Å². The van der Waals surface area contributed by atoms with E-state index in [0.717, 1.165) is 10.1 Å². The molecule has 21 heavy (non-hydrogen) atoms. The Morgan fingerprint density at radius 3 is 2.52 bits per heavy atom. The van der Waals surface area contributed by atoms with Crippen molar-refractivity contribution >= 4 is 37.4 Å². The Bertz CT molecular complexity index is 722. The van der Waals surface area contributed by atoms with Crippen LogP contribution in [0.2, 0.25) is 0 Å². The highest BCUT2D eigenvalue weighted by atomic mass is 32.2. The molecule has 0 bridgehead atoms. The summed E-state index contributed by atoms with van der Waals surface area (Å²) in [6, 6.07) is 9.30. The maximum absolute atomic E-state index is 12.1. The van der Waals surface area contributed by atoms with Crippen LogP contribution in [0.25, 0.3) is 10.1 Å². The molecule has 1 heterocycles. The van der Waals surface area contributed by atoms with Gasteiger partial charge in [0.1, 0.15) is 0 Å². The van der Waals surface area contributed by atoms with E-state index in [1.807, 2.05) is 45.0 Å². The third-order valence-electron chi connectivity index (χ3n) is 3.02. The SMILES string of the molecule is CC(C)(C)CCS(=O)(=O)NC(=O)c1cc2ccccc2s1. The zero-order chi connectivity index (χ0) is 15.7. The predicted octanol–water partition coefficient (Wildman–Crippen LogP) is 3.40. The quantitative estimate of drug-likeness (QED) is 0.937. The zero-order valence-electron chi connectivity index (χ0n) is 12.3. The molecule has 6 heteroatoms. The molecule has 0 radical (unpaired) electrons. The zero-order valence-corrected chi connectivity index (χ0v) is 14.0. The molecule has 1 N–H and O–H groups in total. The van der Waals surface area contributed by atoms with E-state index < -0.39 is 15.9 Å². The van der Waals surface area contributed by atoms with Crippen LogP contribution in [0.3, 0.4) is 0 Å². The predicted molar refractivity (Wildman–Crippen MR) is 87.2 cm³/mol. The minimum atomic E-state index is -3.59. The number of amides is 1. The van der Waals surface area contributed by atoms with E-state index >= 15 is 0 Å². The topological polar surface area (TPSA) is 63.2 Å². The number of rotatable bonds is 4. The van der Waals surface area contributed by atoms with Gasteiger partial charge in [-0.15, -0.1) is 11.3 Å². The minimum Gasteiger partial charge on any atom is -0.267 e. The second kappa shape index (κ2) is 5.77. The molecule has 4 nitrogen and oxygen atoms in total. The summed E-state index contributed by atoms with van der Waals surface area (Å²) in [6.07, 6.45) is 0.502. The maximum Gasteiger partial charge on any atom is 0.274 e. The molecule has 1 amide bonds. The van der Waals surface area contributed by atoms with Crippen LogP contribution in [0.5, 0.6) is 0 Å². The van der Waals surface area contributed by atoms with Crippen LogP contribution >= 0.6 is 11.3 Å². The molecule has 0 atom stereocenters. The second-order valence-electron chi connectivity index (χ2n) is 6.21. The van der Waals surface area contributed by atoms with E-state index in [1.165, 1.54) is 11.3 Å². The first-order valence-corrected chi connectivity index (χ1v) is 9.17. The van der Waals surface area contributed by atoms with Gasteiger partial charge in [0.15, 0.2) is 0 Å². The van der Waals surface area contributed by atoms with E-state index in [9.17, 15) is 13.2 Å². The monoisotopic (exact) mass is 325 g/mol. The van der Waals surface area contributed by atoms with Crippen molar-refractivity contribution in [1.82, 2.24) is 4.72 Å². The molecule has 0 fully saturated rings. The summed E-state index contributed by atoms with van der Waals surface area (Å²) in [6.45, 7) is 5.91. The molecule has 0 unspecified atom stereocenters. The fourth-order valence-corrected chi connectivity index (χ4v) is 4.18. The van der Waals surface area contributed by atoms with Crippen molar-refractivity contribution in [3.05, 3.63) is 35.2 Å². The fraction of sp³-hybridized carbons (Fsp3) is 0.400. The summed E-state index contributed by atoms with van der Waals surface area (Å²) >= 11 is 1.29. The van der Waals surface area contributed by atoms with Crippen molar-refractivity contribution < 1.29 is 13.2 Å². The maximum atomic E-state index is 12.1. The Labute approximate surface area is 129 Å². The normalized spacial score (nSPS) is 12.5. The molecule has 0 saturated carbocycles. The number of hydrogen-bond acceptors (Lipinski definition) is 4. The Hall–Kier alpha value is -1.40. The number of nitrogens with one attached hydrogen (secondary N) is 1. The molecule has 2 rings (SSSR count). The first kappa shape index (κ1) is 16.0. The Balaban J connectivity index is 2.10. The highest BCUT2D eigenvalue weighted by Crippen LogP contribution is 2.25. The van der Waals surface area contributed by atoms with Gasteiger partial charge in [0, 0.05) is 4.70 Å². The fourth-order valence-electron chi connectivity index (χ4n) is 1.78. The van der Waals surface area contributed by atoms with Crippen molar-refractivity contribution in [2.45, 2.75) is 27.2 Å². The van der Waals surface area contributed by atoms with Gasteiger partial charge in [-0.25, -0.2) is 13.1 Å². The van der Waals surface area contributed by atoms with E-state index in [0.29, 0.717) is 11.3 Å². The molecule has 0 aliphatic heterocycles. The molecule has 0 saturated heterocycles. The van der Waals surface area contributed by atoms with Crippen LogP contribution in [0, 0.1) is 5.41 Å². The summed E-state index contributed by atoms with van der Waals surface area (Å²) in [5, 5.41) is 0.944. The lowest BCUT2D eigenvalue weighted by Crippen LogP contribution is -2.33. The summed E-state index contributed by atoms with van der Waals surface area (Å²) in [4.78, 5) is 12.5. The summed E-state index contributed by atoms with van der Waals surface area (Å²) < 4.78 is 27.0. The number of benzene rings is 1. The van der Waals surface area contributed by atoms with Gasteiger partial charge in [0.2, 0.25) is 10.0 Å². The first-order valence-electron chi connectivity index (χ1n) is 6.70. The van der Waals surface area contributed by atoms with E-state index in [-0.39, 0.29) is 11.2 Å². The van der Waals surface area contributed by atoms with Gasteiger partial charge in [-0.1, -0.05) is 39.0 Å².